The van der Waals surface area contributed by atoms with E-state index in [-0.39, 0.29) is 11.9 Å². The lowest BCUT2D eigenvalue weighted by Crippen LogP contribution is -2.52. The van der Waals surface area contributed by atoms with Crippen molar-refractivity contribution in [3.63, 3.8) is 0 Å². The first-order valence-corrected chi connectivity index (χ1v) is 16.1. The molecule has 2 aromatic heterocycles. The standard InChI is InChI=1S/C34H38ClN7O3/c1-41-32(25-7-3-4-8-26(25)35)30-28(40-41)12-10-22-19-36-34(39-31(22)30)38-27-11-9-21(18-29(27)44-2)33(43)37-23-6-5-15-42(20-23)24-13-16-45-17-14-24/h3-4,7-9,11,18-19,23-24H,5-6,10,12-17,20H2,1-2H3,(H,37,43)(H,36,38,39)/t23-/m0/s1. The van der Waals surface area contributed by atoms with Gasteiger partial charge in [-0.15, -0.1) is 0 Å². The number of carbonyl (C=O) groups excluding carboxylic acids is 1. The molecule has 2 N–H and O–H groups in total. The van der Waals surface area contributed by atoms with Gasteiger partial charge in [-0.1, -0.05) is 29.8 Å². The molecule has 4 heterocycles. The summed E-state index contributed by atoms with van der Waals surface area (Å²) in [6.45, 7) is 3.60. The normalized spacial score (nSPS) is 18.6. The minimum absolute atomic E-state index is 0.0973. The summed E-state index contributed by atoms with van der Waals surface area (Å²) in [7, 11) is 3.54. The lowest BCUT2D eigenvalue weighted by atomic mass is 9.91. The summed E-state index contributed by atoms with van der Waals surface area (Å²) in [6, 6.07) is 13.9. The molecule has 1 aliphatic carbocycles. The summed E-state index contributed by atoms with van der Waals surface area (Å²) in [5.74, 6) is 0.872. The maximum atomic E-state index is 13.3. The highest BCUT2D eigenvalue weighted by molar-refractivity contribution is 6.33. The van der Waals surface area contributed by atoms with Crippen LogP contribution < -0.4 is 15.4 Å². The Hall–Kier alpha value is -3.99. The number of hydrogen-bond acceptors (Lipinski definition) is 8. The average molecular weight is 628 g/mol. The number of anilines is 2. The van der Waals surface area contributed by atoms with Crippen molar-refractivity contribution in [1.82, 2.24) is 30.0 Å². The Balaban J connectivity index is 1.10. The number of fused-ring (bicyclic) bond motifs is 3. The van der Waals surface area contributed by atoms with E-state index in [1.807, 2.05) is 54.3 Å². The molecule has 4 aromatic rings. The Morgan fingerprint density at radius 3 is 2.78 bits per heavy atom. The van der Waals surface area contributed by atoms with E-state index in [2.05, 4.69) is 20.5 Å². The molecule has 2 fully saturated rings. The van der Waals surface area contributed by atoms with Crippen molar-refractivity contribution in [3.8, 4) is 28.3 Å². The maximum absolute atomic E-state index is 13.3. The van der Waals surface area contributed by atoms with Gasteiger partial charge in [0.05, 0.1) is 29.9 Å². The first-order valence-electron chi connectivity index (χ1n) is 15.7. The van der Waals surface area contributed by atoms with E-state index in [0.717, 1.165) is 98.6 Å². The second kappa shape index (κ2) is 12.8. The SMILES string of the molecule is COc1cc(C(=O)N[C@H]2CCCN(C3CCOCC3)C2)ccc1Nc1ncc2c(n1)-c1c(nn(C)c1-c1ccccc1Cl)CC2. The summed E-state index contributed by atoms with van der Waals surface area (Å²) < 4.78 is 13.1. The number of benzene rings is 2. The van der Waals surface area contributed by atoms with E-state index in [1.54, 1.807) is 13.2 Å². The van der Waals surface area contributed by atoms with Gasteiger partial charge in [0, 0.05) is 66.8 Å². The molecular weight excluding hydrogens is 590 g/mol. The van der Waals surface area contributed by atoms with Gasteiger partial charge in [0.1, 0.15) is 5.75 Å². The molecule has 234 valence electrons. The third-order valence-corrected chi connectivity index (χ3v) is 9.52. The van der Waals surface area contributed by atoms with Gasteiger partial charge in [-0.3, -0.25) is 14.4 Å². The summed E-state index contributed by atoms with van der Waals surface area (Å²) in [4.78, 5) is 25.4. The number of aromatic nitrogens is 4. The average Bonchev–Trinajstić information content (AvgIpc) is 3.41. The van der Waals surface area contributed by atoms with Gasteiger partial charge in [0.2, 0.25) is 5.95 Å². The van der Waals surface area contributed by atoms with Crippen LogP contribution in [0.15, 0.2) is 48.7 Å². The number of rotatable bonds is 7. The minimum Gasteiger partial charge on any atom is -0.495 e. The van der Waals surface area contributed by atoms with Crippen molar-refractivity contribution < 1.29 is 14.3 Å². The minimum atomic E-state index is -0.0973. The molecule has 0 unspecified atom stereocenters. The highest BCUT2D eigenvalue weighted by Crippen LogP contribution is 2.42. The van der Waals surface area contributed by atoms with Crippen molar-refractivity contribution in [3.05, 3.63) is 70.5 Å². The van der Waals surface area contributed by atoms with Crippen LogP contribution in [0, 0.1) is 0 Å². The van der Waals surface area contributed by atoms with Crippen molar-refractivity contribution in [2.24, 2.45) is 7.05 Å². The number of halogens is 1. The van der Waals surface area contributed by atoms with Crippen molar-refractivity contribution in [2.45, 2.75) is 50.6 Å². The van der Waals surface area contributed by atoms with Gasteiger partial charge in [-0.25, -0.2) is 9.97 Å². The summed E-state index contributed by atoms with van der Waals surface area (Å²) in [5.41, 5.74) is 6.95. The molecule has 1 amide bonds. The van der Waals surface area contributed by atoms with Gasteiger partial charge in [-0.05, 0) is 74.9 Å². The molecule has 0 saturated carbocycles. The molecule has 0 radical (unpaired) electrons. The largest absolute Gasteiger partial charge is 0.495 e. The summed E-state index contributed by atoms with van der Waals surface area (Å²) in [6.07, 6.45) is 7.67. The van der Waals surface area contributed by atoms with Crippen LogP contribution in [0.2, 0.25) is 5.02 Å². The molecule has 3 aliphatic rings. The number of nitrogens with zero attached hydrogens (tertiary/aromatic N) is 5. The molecular formula is C34H38ClN7O3. The third kappa shape index (κ3) is 6.02. The molecule has 10 nitrogen and oxygen atoms in total. The Labute approximate surface area is 268 Å². The van der Waals surface area contributed by atoms with Crippen LogP contribution in [0.5, 0.6) is 5.75 Å². The predicted molar refractivity (Wildman–Crippen MR) is 174 cm³/mol. The number of hydrogen-bond donors (Lipinski definition) is 2. The second-order valence-corrected chi connectivity index (χ2v) is 12.4. The Morgan fingerprint density at radius 1 is 1.11 bits per heavy atom. The fourth-order valence-electron chi connectivity index (χ4n) is 6.92. The van der Waals surface area contributed by atoms with E-state index in [9.17, 15) is 4.79 Å². The maximum Gasteiger partial charge on any atom is 0.251 e. The van der Waals surface area contributed by atoms with Crippen LogP contribution in [0.1, 0.15) is 47.3 Å². The van der Waals surface area contributed by atoms with Gasteiger partial charge in [0.25, 0.3) is 5.91 Å². The topological polar surface area (TPSA) is 106 Å². The molecule has 0 spiro atoms. The Kier molecular flexibility index (Phi) is 8.44. The molecule has 0 bridgehead atoms. The first kappa shape index (κ1) is 29.7. The lowest BCUT2D eigenvalue weighted by Gasteiger charge is -2.40. The van der Waals surface area contributed by atoms with Crippen LogP contribution in [0.4, 0.5) is 11.6 Å². The number of piperidine rings is 1. The molecule has 11 heteroatoms. The lowest BCUT2D eigenvalue weighted by molar-refractivity contribution is 0.0218. The van der Waals surface area contributed by atoms with Crippen molar-refractivity contribution in [2.75, 3.05) is 38.7 Å². The molecule has 1 atom stereocenters. The predicted octanol–water partition coefficient (Wildman–Crippen LogP) is 5.42. The van der Waals surface area contributed by atoms with Crippen molar-refractivity contribution >= 4 is 29.1 Å². The summed E-state index contributed by atoms with van der Waals surface area (Å²) in [5, 5.41) is 12.1. The first-order chi connectivity index (χ1) is 22.0. The second-order valence-electron chi connectivity index (χ2n) is 12.0. The highest BCUT2D eigenvalue weighted by Gasteiger charge is 2.30. The number of likely N-dealkylation sites (tertiary alicyclic amines) is 1. The fraction of sp³-hybridized carbons (Fsp3) is 0.412. The number of methoxy groups -OCH3 is 1. The monoisotopic (exact) mass is 627 g/mol. The Bertz CT molecular complexity index is 1720. The smallest absolute Gasteiger partial charge is 0.251 e. The number of amides is 1. The quantitative estimate of drug-likeness (QED) is 0.280. The summed E-state index contributed by atoms with van der Waals surface area (Å²) >= 11 is 6.62. The molecule has 2 saturated heterocycles. The Morgan fingerprint density at radius 2 is 1.96 bits per heavy atom. The zero-order chi connectivity index (χ0) is 30.9. The van der Waals surface area contributed by atoms with Crippen LogP contribution in [0.25, 0.3) is 22.5 Å². The molecule has 7 rings (SSSR count). The highest BCUT2D eigenvalue weighted by atomic mass is 35.5. The molecule has 2 aliphatic heterocycles. The molecule has 2 aromatic carbocycles. The van der Waals surface area contributed by atoms with Crippen LogP contribution in [-0.2, 0) is 24.6 Å². The van der Waals surface area contributed by atoms with E-state index in [0.29, 0.717) is 34.0 Å². The number of carbonyl (C=O) groups is 1. The van der Waals surface area contributed by atoms with Gasteiger partial charge in [0.15, 0.2) is 0 Å². The van der Waals surface area contributed by atoms with E-state index in [1.165, 1.54) is 0 Å². The molecule has 45 heavy (non-hydrogen) atoms. The zero-order valence-electron chi connectivity index (χ0n) is 25.7. The van der Waals surface area contributed by atoms with Gasteiger partial charge < -0.3 is 20.1 Å². The van der Waals surface area contributed by atoms with E-state index >= 15 is 0 Å². The van der Waals surface area contributed by atoms with Crippen LogP contribution in [0.3, 0.4) is 0 Å². The van der Waals surface area contributed by atoms with E-state index in [4.69, 9.17) is 31.2 Å². The fourth-order valence-corrected chi connectivity index (χ4v) is 7.14. The number of nitrogens with one attached hydrogen (secondary N) is 2. The third-order valence-electron chi connectivity index (χ3n) is 9.19. The number of ether oxygens (including phenoxy) is 2. The van der Waals surface area contributed by atoms with E-state index < -0.39 is 0 Å². The van der Waals surface area contributed by atoms with Gasteiger partial charge in [-0.2, -0.15) is 5.10 Å². The van der Waals surface area contributed by atoms with Gasteiger partial charge >= 0.3 is 0 Å². The van der Waals surface area contributed by atoms with Crippen LogP contribution in [-0.4, -0.2) is 76.1 Å². The van der Waals surface area contributed by atoms with Crippen molar-refractivity contribution in [1.29, 1.82) is 0 Å². The number of aryl methyl sites for hydroxylation is 3. The zero-order valence-corrected chi connectivity index (χ0v) is 26.4. The van der Waals surface area contributed by atoms with Crippen LogP contribution >= 0.6 is 11.6 Å².